The Morgan fingerprint density at radius 3 is 2.83 bits per heavy atom. The van der Waals surface area contributed by atoms with Gasteiger partial charge >= 0.3 is 0 Å². The van der Waals surface area contributed by atoms with E-state index in [-0.39, 0.29) is 5.75 Å². The van der Waals surface area contributed by atoms with E-state index in [0.29, 0.717) is 0 Å². The predicted molar refractivity (Wildman–Crippen MR) is 75.0 cm³/mol. The van der Waals surface area contributed by atoms with Gasteiger partial charge in [-0.2, -0.15) is 0 Å². The first kappa shape index (κ1) is 10.9. The summed E-state index contributed by atoms with van der Waals surface area (Å²) in [4.78, 5) is 8.73. The Balaban J connectivity index is 1.92. The van der Waals surface area contributed by atoms with Gasteiger partial charge in [-0.3, -0.25) is 0 Å². The number of aromatic hydroxyl groups is 1. The standard InChI is InChI=1S/C14H10N2OS/c17-11-5-3-4-10(8-11)9-15-14-16-12-6-1-2-7-13(12)18-14/h1-9,17H/b15-9+. The first-order chi connectivity index (χ1) is 8.81. The maximum absolute atomic E-state index is 9.35. The Hall–Kier alpha value is -2.20. The van der Waals surface area contributed by atoms with Crippen LogP contribution in [0.2, 0.25) is 0 Å². The maximum atomic E-state index is 9.35. The van der Waals surface area contributed by atoms with Crippen LogP contribution in [0.5, 0.6) is 5.75 Å². The second-order valence-corrected chi connectivity index (χ2v) is 4.83. The number of phenolic OH excluding ortho intramolecular Hbond substituents is 1. The molecule has 3 nitrogen and oxygen atoms in total. The molecular formula is C14H10N2OS. The van der Waals surface area contributed by atoms with E-state index < -0.39 is 0 Å². The molecule has 0 aliphatic carbocycles. The predicted octanol–water partition coefficient (Wildman–Crippen LogP) is 3.75. The second-order valence-electron chi connectivity index (χ2n) is 3.82. The molecule has 0 saturated carbocycles. The van der Waals surface area contributed by atoms with Crippen LogP contribution in [0.3, 0.4) is 0 Å². The van der Waals surface area contributed by atoms with Gasteiger partial charge in [0, 0.05) is 6.21 Å². The third-order valence-corrected chi connectivity index (χ3v) is 3.42. The number of benzene rings is 2. The summed E-state index contributed by atoms with van der Waals surface area (Å²) < 4.78 is 1.13. The number of hydrogen-bond acceptors (Lipinski definition) is 4. The highest BCUT2D eigenvalue weighted by atomic mass is 32.1. The molecule has 0 spiro atoms. The second kappa shape index (κ2) is 4.58. The van der Waals surface area contributed by atoms with Gasteiger partial charge in [-0.1, -0.05) is 35.6 Å². The van der Waals surface area contributed by atoms with Crippen LogP contribution in [-0.2, 0) is 0 Å². The highest BCUT2D eigenvalue weighted by Crippen LogP contribution is 2.27. The van der Waals surface area contributed by atoms with E-state index in [0.717, 1.165) is 20.9 Å². The van der Waals surface area contributed by atoms with Gasteiger partial charge in [0.1, 0.15) is 5.75 Å². The molecule has 0 fully saturated rings. The zero-order chi connectivity index (χ0) is 12.4. The summed E-state index contributed by atoms with van der Waals surface area (Å²) >= 11 is 1.55. The number of aromatic nitrogens is 1. The van der Waals surface area contributed by atoms with E-state index >= 15 is 0 Å². The van der Waals surface area contributed by atoms with Crippen molar-refractivity contribution < 1.29 is 5.11 Å². The third kappa shape index (κ3) is 2.24. The molecule has 18 heavy (non-hydrogen) atoms. The van der Waals surface area contributed by atoms with Gasteiger partial charge in [0.05, 0.1) is 10.2 Å². The molecule has 0 aliphatic heterocycles. The summed E-state index contributed by atoms with van der Waals surface area (Å²) in [6.45, 7) is 0. The molecule has 0 saturated heterocycles. The van der Waals surface area contributed by atoms with Crippen molar-refractivity contribution in [3.05, 3.63) is 54.1 Å². The SMILES string of the molecule is Oc1cccc(/C=N/c2nc3ccccc3s2)c1. The van der Waals surface area contributed by atoms with Gasteiger partial charge in [-0.25, -0.2) is 9.98 Å². The Morgan fingerprint density at radius 1 is 1.11 bits per heavy atom. The van der Waals surface area contributed by atoms with Crippen LogP contribution in [0.4, 0.5) is 5.13 Å². The largest absolute Gasteiger partial charge is 0.508 e. The van der Waals surface area contributed by atoms with Crippen molar-refractivity contribution in [3.8, 4) is 5.75 Å². The Bertz CT molecular complexity index is 685. The van der Waals surface area contributed by atoms with E-state index in [4.69, 9.17) is 0 Å². The summed E-state index contributed by atoms with van der Waals surface area (Å²) in [7, 11) is 0. The lowest BCUT2D eigenvalue weighted by Crippen LogP contribution is -1.78. The van der Waals surface area contributed by atoms with E-state index in [1.54, 1.807) is 35.8 Å². The van der Waals surface area contributed by atoms with E-state index in [1.807, 2.05) is 30.3 Å². The zero-order valence-corrected chi connectivity index (χ0v) is 10.3. The summed E-state index contributed by atoms with van der Waals surface area (Å²) in [5, 5.41) is 10.1. The number of fused-ring (bicyclic) bond motifs is 1. The number of nitrogens with zero attached hydrogens (tertiary/aromatic N) is 2. The first-order valence-corrected chi connectivity index (χ1v) is 6.31. The minimum absolute atomic E-state index is 0.239. The Morgan fingerprint density at radius 2 is 2.00 bits per heavy atom. The van der Waals surface area contributed by atoms with Gasteiger partial charge in [0.2, 0.25) is 5.13 Å². The third-order valence-electron chi connectivity index (χ3n) is 2.48. The number of hydrogen-bond donors (Lipinski definition) is 1. The summed E-state index contributed by atoms with van der Waals surface area (Å²) in [6, 6.07) is 14.9. The molecule has 0 bridgehead atoms. The smallest absolute Gasteiger partial charge is 0.210 e. The van der Waals surface area contributed by atoms with Crippen molar-refractivity contribution in [1.29, 1.82) is 0 Å². The molecule has 88 valence electrons. The van der Waals surface area contributed by atoms with Gasteiger partial charge < -0.3 is 5.11 Å². The molecule has 0 amide bonds. The quantitative estimate of drug-likeness (QED) is 0.708. The molecule has 0 aliphatic rings. The fraction of sp³-hybridized carbons (Fsp3) is 0. The Kier molecular flexibility index (Phi) is 2.78. The van der Waals surface area contributed by atoms with E-state index in [2.05, 4.69) is 9.98 Å². The monoisotopic (exact) mass is 254 g/mol. The van der Waals surface area contributed by atoms with Crippen molar-refractivity contribution in [3.63, 3.8) is 0 Å². The van der Waals surface area contributed by atoms with Gasteiger partial charge in [0.25, 0.3) is 0 Å². The van der Waals surface area contributed by atoms with Gasteiger partial charge in [0.15, 0.2) is 0 Å². The zero-order valence-electron chi connectivity index (χ0n) is 9.45. The molecule has 0 radical (unpaired) electrons. The molecule has 3 rings (SSSR count). The highest BCUT2D eigenvalue weighted by Gasteiger charge is 2.00. The topological polar surface area (TPSA) is 45.5 Å². The maximum Gasteiger partial charge on any atom is 0.210 e. The lowest BCUT2D eigenvalue weighted by molar-refractivity contribution is 0.475. The summed E-state index contributed by atoms with van der Waals surface area (Å²) in [5.41, 5.74) is 1.82. The highest BCUT2D eigenvalue weighted by molar-refractivity contribution is 7.22. The molecular weight excluding hydrogens is 244 g/mol. The number of thiazole rings is 1. The average molecular weight is 254 g/mol. The molecule has 1 N–H and O–H groups in total. The van der Waals surface area contributed by atoms with Crippen molar-refractivity contribution in [2.45, 2.75) is 0 Å². The Labute approximate surface area is 108 Å². The van der Waals surface area contributed by atoms with Crippen LogP contribution in [0.25, 0.3) is 10.2 Å². The van der Waals surface area contributed by atoms with E-state index in [9.17, 15) is 5.11 Å². The van der Waals surface area contributed by atoms with Crippen LogP contribution in [0, 0.1) is 0 Å². The molecule has 3 aromatic rings. The van der Waals surface area contributed by atoms with Gasteiger partial charge in [-0.15, -0.1) is 0 Å². The molecule has 0 unspecified atom stereocenters. The number of para-hydroxylation sites is 1. The van der Waals surface area contributed by atoms with Gasteiger partial charge in [-0.05, 0) is 29.8 Å². The van der Waals surface area contributed by atoms with Crippen molar-refractivity contribution in [2.75, 3.05) is 0 Å². The molecule has 0 atom stereocenters. The van der Waals surface area contributed by atoms with Crippen LogP contribution in [0.15, 0.2) is 53.5 Å². The normalized spacial score (nSPS) is 11.3. The fourth-order valence-corrected chi connectivity index (χ4v) is 2.46. The fourth-order valence-electron chi connectivity index (χ4n) is 1.65. The lowest BCUT2D eigenvalue weighted by atomic mass is 10.2. The van der Waals surface area contributed by atoms with E-state index in [1.165, 1.54) is 0 Å². The van der Waals surface area contributed by atoms with Crippen molar-refractivity contribution >= 4 is 32.9 Å². The molecule has 4 heteroatoms. The molecule has 1 aromatic heterocycles. The molecule has 2 aromatic carbocycles. The van der Waals surface area contributed by atoms with Crippen molar-refractivity contribution in [2.24, 2.45) is 4.99 Å². The van der Waals surface area contributed by atoms with Crippen LogP contribution in [-0.4, -0.2) is 16.3 Å². The summed E-state index contributed by atoms with van der Waals surface area (Å²) in [6.07, 6.45) is 1.71. The van der Waals surface area contributed by atoms with Crippen molar-refractivity contribution in [1.82, 2.24) is 4.98 Å². The minimum atomic E-state index is 0.239. The number of phenols is 1. The number of rotatable bonds is 2. The van der Waals surface area contributed by atoms with Crippen LogP contribution < -0.4 is 0 Å². The first-order valence-electron chi connectivity index (χ1n) is 5.50. The average Bonchev–Trinajstić information content (AvgIpc) is 2.79. The van der Waals surface area contributed by atoms with Crippen LogP contribution >= 0.6 is 11.3 Å². The minimum Gasteiger partial charge on any atom is -0.508 e. The molecule has 1 heterocycles. The lowest BCUT2D eigenvalue weighted by Gasteiger charge is -1.92. The number of aliphatic imine (C=N–C) groups is 1. The van der Waals surface area contributed by atoms with Crippen LogP contribution in [0.1, 0.15) is 5.56 Å². The summed E-state index contributed by atoms with van der Waals surface area (Å²) in [5.74, 6) is 0.239.